The van der Waals surface area contributed by atoms with Crippen LogP contribution in [0.3, 0.4) is 0 Å². The topological polar surface area (TPSA) is 45.0 Å². The summed E-state index contributed by atoms with van der Waals surface area (Å²) in [5, 5.41) is 12.1. The highest BCUT2D eigenvalue weighted by Gasteiger charge is 2.24. The first-order chi connectivity index (χ1) is 6.76. The van der Waals surface area contributed by atoms with Crippen LogP contribution in [0.1, 0.15) is 39.5 Å². The maximum Gasteiger partial charge on any atom is 0.119 e. The lowest BCUT2D eigenvalue weighted by Crippen LogP contribution is -2.34. The van der Waals surface area contributed by atoms with Gasteiger partial charge in [-0.3, -0.25) is 5.32 Å². The van der Waals surface area contributed by atoms with Crippen molar-refractivity contribution >= 4 is 0 Å². The zero-order valence-electron chi connectivity index (χ0n) is 9.12. The molecule has 2 unspecified atom stereocenters. The van der Waals surface area contributed by atoms with Crippen molar-refractivity contribution in [1.82, 2.24) is 5.32 Å². The second-order valence-electron chi connectivity index (χ2n) is 4.06. The molecule has 3 heteroatoms. The average Bonchev–Trinajstić information content (AvgIpc) is 2.96. The molecular formula is C11H20N2O. The molecule has 1 aliphatic carbocycles. The molecule has 1 aliphatic rings. The van der Waals surface area contributed by atoms with Crippen LogP contribution in [0.5, 0.6) is 0 Å². The quantitative estimate of drug-likeness (QED) is 0.675. The van der Waals surface area contributed by atoms with Crippen molar-refractivity contribution in [1.29, 1.82) is 5.26 Å². The van der Waals surface area contributed by atoms with Gasteiger partial charge in [-0.25, -0.2) is 0 Å². The van der Waals surface area contributed by atoms with E-state index in [0.717, 1.165) is 12.8 Å². The normalized spacial score (nSPS) is 20.1. The fraction of sp³-hybridized carbons (Fsp3) is 0.909. The van der Waals surface area contributed by atoms with Crippen LogP contribution in [0.15, 0.2) is 0 Å². The Kier molecular flexibility index (Phi) is 4.92. The minimum absolute atomic E-state index is 0.123. The van der Waals surface area contributed by atoms with Gasteiger partial charge in [0.05, 0.1) is 18.8 Å². The Morgan fingerprint density at radius 1 is 1.57 bits per heavy atom. The van der Waals surface area contributed by atoms with Crippen LogP contribution in [0.4, 0.5) is 0 Å². The highest BCUT2D eigenvalue weighted by atomic mass is 16.5. The summed E-state index contributed by atoms with van der Waals surface area (Å²) in [7, 11) is 0. The van der Waals surface area contributed by atoms with Gasteiger partial charge < -0.3 is 4.74 Å². The van der Waals surface area contributed by atoms with Crippen LogP contribution in [0, 0.1) is 11.3 Å². The van der Waals surface area contributed by atoms with Gasteiger partial charge in [-0.05, 0) is 26.2 Å². The van der Waals surface area contributed by atoms with Crippen LogP contribution in [0.25, 0.3) is 0 Å². The molecule has 2 atom stereocenters. The van der Waals surface area contributed by atoms with Crippen molar-refractivity contribution < 1.29 is 4.74 Å². The summed E-state index contributed by atoms with van der Waals surface area (Å²) < 4.78 is 5.58. The summed E-state index contributed by atoms with van der Waals surface area (Å²) in [6.07, 6.45) is 4.90. The SMILES string of the molecule is CCCC(C)OCC(C#N)NC1CC1. The Hall–Kier alpha value is -0.590. The van der Waals surface area contributed by atoms with Gasteiger partial charge in [0.25, 0.3) is 0 Å². The summed E-state index contributed by atoms with van der Waals surface area (Å²) in [5.41, 5.74) is 0. The molecule has 0 aromatic rings. The van der Waals surface area contributed by atoms with Crippen LogP contribution in [0.2, 0.25) is 0 Å². The maximum absolute atomic E-state index is 8.85. The number of nitriles is 1. The number of nitrogens with zero attached hydrogens (tertiary/aromatic N) is 1. The van der Waals surface area contributed by atoms with Gasteiger partial charge in [0.1, 0.15) is 6.04 Å². The minimum Gasteiger partial charge on any atom is -0.376 e. The Labute approximate surface area is 86.4 Å². The largest absolute Gasteiger partial charge is 0.376 e. The molecule has 0 heterocycles. The van der Waals surface area contributed by atoms with Crippen molar-refractivity contribution in [2.45, 2.75) is 57.7 Å². The summed E-state index contributed by atoms with van der Waals surface area (Å²) in [5.74, 6) is 0. The lowest BCUT2D eigenvalue weighted by atomic mass is 10.2. The Balaban J connectivity index is 2.10. The monoisotopic (exact) mass is 196 g/mol. The average molecular weight is 196 g/mol. The van der Waals surface area contributed by atoms with Crippen molar-refractivity contribution in [3.05, 3.63) is 0 Å². The maximum atomic E-state index is 8.85. The summed E-state index contributed by atoms with van der Waals surface area (Å²) >= 11 is 0. The van der Waals surface area contributed by atoms with Gasteiger partial charge in [-0.15, -0.1) is 0 Å². The van der Waals surface area contributed by atoms with Crippen molar-refractivity contribution in [2.24, 2.45) is 0 Å². The number of rotatable bonds is 7. The zero-order chi connectivity index (χ0) is 10.4. The molecule has 0 saturated heterocycles. The van der Waals surface area contributed by atoms with Crippen LogP contribution >= 0.6 is 0 Å². The predicted octanol–water partition coefficient (Wildman–Crippen LogP) is 1.84. The van der Waals surface area contributed by atoms with E-state index in [-0.39, 0.29) is 12.1 Å². The molecule has 0 radical (unpaired) electrons. The third kappa shape index (κ3) is 4.59. The molecule has 14 heavy (non-hydrogen) atoms. The van der Waals surface area contributed by atoms with E-state index >= 15 is 0 Å². The molecule has 1 rings (SSSR count). The first-order valence-electron chi connectivity index (χ1n) is 5.53. The number of ether oxygens (including phenoxy) is 1. The molecule has 0 aromatic carbocycles. The van der Waals surface area contributed by atoms with E-state index < -0.39 is 0 Å². The zero-order valence-corrected chi connectivity index (χ0v) is 9.12. The molecule has 3 nitrogen and oxygen atoms in total. The first-order valence-corrected chi connectivity index (χ1v) is 5.53. The van der Waals surface area contributed by atoms with Gasteiger partial charge >= 0.3 is 0 Å². The Bertz CT molecular complexity index is 196. The van der Waals surface area contributed by atoms with E-state index in [1.54, 1.807) is 0 Å². The molecule has 1 N–H and O–H groups in total. The number of hydrogen-bond acceptors (Lipinski definition) is 3. The van der Waals surface area contributed by atoms with Crippen LogP contribution in [-0.2, 0) is 4.74 Å². The van der Waals surface area contributed by atoms with E-state index in [2.05, 4.69) is 25.2 Å². The molecular weight excluding hydrogens is 176 g/mol. The fourth-order valence-electron chi connectivity index (χ4n) is 1.41. The molecule has 0 spiro atoms. The molecule has 80 valence electrons. The predicted molar refractivity (Wildman–Crippen MR) is 55.9 cm³/mol. The smallest absolute Gasteiger partial charge is 0.119 e. The van der Waals surface area contributed by atoms with Crippen LogP contribution in [-0.4, -0.2) is 24.8 Å². The van der Waals surface area contributed by atoms with E-state index in [1.165, 1.54) is 12.8 Å². The first kappa shape index (κ1) is 11.5. The highest BCUT2D eigenvalue weighted by Crippen LogP contribution is 2.19. The third-order valence-electron chi connectivity index (χ3n) is 2.41. The molecule has 0 amide bonds. The van der Waals surface area contributed by atoms with Crippen molar-refractivity contribution in [3.8, 4) is 6.07 Å². The molecule has 0 aliphatic heterocycles. The van der Waals surface area contributed by atoms with Crippen LogP contribution < -0.4 is 5.32 Å². The highest BCUT2D eigenvalue weighted by molar-refractivity contribution is 4.95. The number of hydrogen-bond donors (Lipinski definition) is 1. The van der Waals surface area contributed by atoms with E-state index in [4.69, 9.17) is 10.00 Å². The number of nitrogens with one attached hydrogen (secondary N) is 1. The van der Waals surface area contributed by atoms with Gasteiger partial charge in [-0.1, -0.05) is 13.3 Å². The van der Waals surface area contributed by atoms with E-state index in [9.17, 15) is 0 Å². The van der Waals surface area contributed by atoms with E-state index in [1.807, 2.05) is 0 Å². The molecule has 1 saturated carbocycles. The summed E-state index contributed by atoms with van der Waals surface area (Å²) in [4.78, 5) is 0. The van der Waals surface area contributed by atoms with Gasteiger partial charge in [0, 0.05) is 6.04 Å². The third-order valence-corrected chi connectivity index (χ3v) is 2.41. The van der Waals surface area contributed by atoms with Crippen molar-refractivity contribution in [3.63, 3.8) is 0 Å². The van der Waals surface area contributed by atoms with E-state index in [0.29, 0.717) is 12.6 Å². The second kappa shape index (κ2) is 6.00. The molecule has 0 bridgehead atoms. The minimum atomic E-state index is -0.123. The molecule has 0 aromatic heterocycles. The van der Waals surface area contributed by atoms with Gasteiger partial charge in [0.15, 0.2) is 0 Å². The summed E-state index contributed by atoms with van der Waals surface area (Å²) in [6, 6.07) is 2.69. The van der Waals surface area contributed by atoms with Gasteiger partial charge in [-0.2, -0.15) is 5.26 Å². The second-order valence-corrected chi connectivity index (χ2v) is 4.06. The van der Waals surface area contributed by atoms with Gasteiger partial charge in [0.2, 0.25) is 0 Å². The summed E-state index contributed by atoms with van der Waals surface area (Å²) in [6.45, 7) is 4.73. The molecule has 1 fully saturated rings. The lowest BCUT2D eigenvalue weighted by Gasteiger charge is -2.15. The Morgan fingerprint density at radius 2 is 2.29 bits per heavy atom. The lowest BCUT2D eigenvalue weighted by molar-refractivity contribution is 0.0522. The van der Waals surface area contributed by atoms with Crippen molar-refractivity contribution in [2.75, 3.05) is 6.61 Å². The Morgan fingerprint density at radius 3 is 2.79 bits per heavy atom. The standard InChI is InChI=1S/C11H20N2O/c1-3-4-9(2)14-8-11(7-12)13-10-5-6-10/h9-11,13H,3-6,8H2,1-2H3. The fourth-order valence-corrected chi connectivity index (χ4v) is 1.41.